The van der Waals surface area contributed by atoms with Gasteiger partial charge in [0.15, 0.2) is 5.65 Å². The van der Waals surface area contributed by atoms with Gasteiger partial charge in [-0.2, -0.15) is 5.10 Å². The molecule has 2 heterocycles. The summed E-state index contributed by atoms with van der Waals surface area (Å²) in [7, 11) is 0. The number of carbonyl (C=O) groups excluding carboxylic acids is 1. The maximum atomic E-state index is 12.7. The van der Waals surface area contributed by atoms with Crippen LogP contribution in [0.1, 0.15) is 21.5 Å². The molecule has 0 unspecified atom stereocenters. The SMILES string of the molecule is Cc1c(Br)cc(NC(=O)c2cccc(CSc3ncnc4[nH]ncc34)c2)cc1Br. The van der Waals surface area contributed by atoms with Crippen LogP contribution in [-0.2, 0) is 5.75 Å². The maximum absolute atomic E-state index is 12.7. The zero-order valence-electron chi connectivity index (χ0n) is 15.2. The third-order valence-electron chi connectivity index (χ3n) is 4.31. The first-order chi connectivity index (χ1) is 14.0. The van der Waals surface area contributed by atoms with Crippen LogP contribution in [-0.4, -0.2) is 26.1 Å². The largest absolute Gasteiger partial charge is 0.322 e. The number of thioether (sulfide) groups is 1. The number of H-pyrrole nitrogens is 1. The third-order valence-corrected chi connectivity index (χ3v) is 7.04. The van der Waals surface area contributed by atoms with Gasteiger partial charge in [0.2, 0.25) is 0 Å². The van der Waals surface area contributed by atoms with Gasteiger partial charge >= 0.3 is 0 Å². The predicted octanol–water partition coefficient (Wildman–Crippen LogP) is 5.73. The van der Waals surface area contributed by atoms with E-state index < -0.39 is 0 Å². The second-order valence-corrected chi connectivity index (χ2v) is 8.99. The molecule has 29 heavy (non-hydrogen) atoms. The summed E-state index contributed by atoms with van der Waals surface area (Å²) in [4.78, 5) is 21.2. The van der Waals surface area contributed by atoms with E-state index in [-0.39, 0.29) is 5.91 Å². The maximum Gasteiger partial charge on any atom is 0.255 e. The van der Waals surface area contributed by atoms with Gasteiger partial charge in [0.1, 0.15) is 11.4 Å². The minimum Gasteiger partial charge on any atom is -0.322 e. The number of nitrogens with one attached hydrogen (secondary N) is 2. The molecule has 0 radical (unpaired) electrons. The van der Waals surface area contributed by atoms with E-state index in [1.165, 1.54) is 6.33 Å². The lowest BCUT2D eigenvalue weighted by Gasteiger charge is -2.10. The molecular formula is C20H15Br2N5OS. The molecular weight excluding hydrogens is 518 g/mol. The average molecular weight is 533 g/mol. The Labute approximate surface area is 188 Å². The molecule has 0 aliphatic rings. The average Bonchev–Trinajstić information content (AvgIpc) is 3.20. The van der Waals surface area contributed by atoms with Crippen LogP contribution < -0.4 is 5.32 Å². The van der Waals surface area contributed by atoms with E-state index in [1.54, 1.807) is 24.0 Å². The minimum absolute atomic E-state index is 0.154. The molecule has 2 aromatic heterocycles. The third kappa shape index (κ3) is 4.52. The molecule has 2 N–H and O–H groups in total. The summed E-state index contributed by atoms with van der Waals surface area (Å²) < 4.78 is 1.87. The molecule has 0 aliphatic heterocycles. The fourth-order valence-electron chi connectivity index (χ4n) is 2.73. The second-order valence-electron chi connectivity index (χ2n) is 6.32. The molecule has 0 saturated carbocycles. The number of anilines is 1. The number of amides is 1. The summed E-state index contributed by atoms with van der Waals surface area (Å²) >= 11 is 8.60. The van der Waals surface area contributed by atoms with Gasteiger partial charge in [0.25, 0.3) is 5.91 Å². The second kappa shape index (κ2) is 8.64. The molecule has 0 spiro atoms. The van der Waals surface area contributed by atoms with E-state index >= 15 is 0 Å². The molecule has 0 atom stereocenters. The molecule has 4 aromatic rings. The first-order valence-corrected chi connectivity index (χ1v) is 11.2. The van der Waals surface area contributed by atoms with Crippen molar-refractivity contribution < 1.29 is 4.79 Å². The number of carbonyl (C=O) groups is 1. The molecule has 9 heteroatoms. The van der Waals surface area contributed by atoms with Crippen LogP contribution in [0.15, 0.2) is 62.9 Å². The monoisotopic (exact) mass is 531 g/mol. The highest BCUT2D eigenvalue weighted by Crippen LogP contribution is 2.29. The lowest BCUT2D eigenvalue weighted by Crippen LogP contribution is -2.12. The van der Waals surface area contributed by atoms with E-state index in [1.807, 2.05) is 37.3 Å². The highest BCUT2D eigenvalue weighted by Gasteiger charge is 2.11. The first-order valence-electron chi connectivity index (χ1n) is 8.64. The quantitative estimate of drug-likeness (QED) is 0.253. The standard InChI is InChI=1S/C20H15Br2N5OS/c1-11-16(21)6-14(7-17(11)22)26-19(28)13-4-2-3-12(5-13)9-29-20-15-8-25-27-18(15)23-10-24-20/h2-8,10H,9H2,1H3,(H,26,28)(H,23,24,25,27). The van der Waals surface area contributed by atoms with Crippen molar-refractivity contribution in [1.29, 1.82) is 0 Å². The molecule has 0 fully saturated rings. The van der Waals surface area contributed by atoms with Gasteiger partial charge in [-0.3, -0.25) is 9.89 Å². The number of aromatic amines is 1. The van der Waals surface area contributed by atoms with Crippen LogP contribution in [0.25, 0.3) is 11.0 Å². The predicted molar refractivity (Wildman–Crippen MR) is 122 cm³/mol. The molecule has 146 valence electrons. The number of benzene rings is 2. The first kappa shape index (κ1) is 20.1. The molecule has 1 amide bonds. The van der Waals surface area contributed by atoms with Crippen molar-refractivity contribution in [3.8, 4) is 0 Å². The Morgan fingerprint density at radius 1 is 1.17 bits per heavy atom. The van der Waals surface area contributed by atoms with Gasteiger partial charge in [-0.1, -0.05) is 44.0 Å². The lowest BCUT2D eigenvalue weighted by molar-refractivity contribution is 0.102. The summed E-state index contributed by atoms with van der Waals surface area (Å²) in [5.41, 5.74) is 4.16. The molecule has 0 bridgehead atoms. The molecule has 6 nitrogen and oxygen atoms in total. The van der Waals surface area contributed by atoms with Crippen LogP contribution in [0.4, 0.5) is 5.69 Å². The Morgan fingerprint density at radius 2 is 1.97 bits per heavy atom. The van der Waals surface area contributed by atoms with Crippen molar-refractivity contribution >= 4 is 66.2 Å². The van der Waals surface area contributed by atoms with E-state index in [0.29, 0.717) is 17.0 Å². The highest BCUT2D eigenvalue weighted by molar-refractivity contribution is 9.11. The van der Waals surface area contributed by atoms with Crippen molar-refractivity contribution in [3.63, 3.8) is 0 Å². The van der Waals surface area contributed by atoms with Crippen molar-refractivity contribution in [3.05, 3.63) is 74.6 Å². The summed E-state index contributed by atoms with van der Waals surface area (Å²) in [5.74, 6) is 0.527. The fourth-order valence-corrected chi connectivity index (χ4v) is 4.83. The number of halogens is 2. The Balaban J connectivity index is 1.48. The van der Waals surface area contributed by atoms with Crippen LogP contribution in [0.2, 0.25) is 0 Å². The van der Waals surface area contributed by atoms with Crippen molar-refractivity contribution in [2.75, 3.05) is 5.32 Å². The summed E-state index contributed by atoms with van der Waals surface area (Å²) in [5, 5.41) is 11.5. The molecule has 4 rings (SSSR count). The number of hydrogen-bond acceptors (Lipinski definition) is 5. The van der Waals surface area contributed by atoms with Crippen molar-refractivity contribution in [2.45, 2.75) is 17.7 Å². The van der Waals surface area contributed by atoms with Crippen LogP contribution in [0, 0.1) is 6.92 Å². The van der Waals surface area contributed by atoms with Crippen molar-refractivity contribution in [1.82, 2.24) is 20.2 Å². The Morgan fingerprint density at radius 3 is 2.76 bits per heavy atom. The van der Waals surface area contributed by atoms with E-state index in [0.717, 1.165) is 36.2 Å². The number of rotatable bonds is 5. The van der Waals surface area contributed by atoms with Crippen molar-refractivity contribution in [2.24, 2.45) is 0 Å². The van der Waals surface area contributed by atoms with Crippen LogP contribution in [0.5, 0.6) is 0 Å². The van der Waals surface area contributed by atoms with E-state index in [4.69, 9.17) is 0 Å². The van der Waals surface area contributed by atoms with Gasteiger partial charge in [0.05, 0.1) is 11.6 Å². The van der Waals surface area contributed by atoms with Gasteiger partial charge in [-0.25, -0.2) is 9.97 Å². The fraction of sp³-hybridized carbons (Fsp3) is 0.100. The topological polar surface area (TPSA) is 83.6 Å². The number of nitrogens with zero attached hydrogens (tertiary/aromatic N) is 3. The molecule has 0 saturated heterocycles. The molecule has 2 aromatic carbocycles. The number of aromatic nitrogens is 4. The Hall–Kier alpha value is -2.23. The summed E-state index contributed by atoms with van der Waals surface area (Å²) in [6, 6.07) is 11.4. The zero-order valence-corrected chi connectivity index (χ0v) is 19.2. The Kier molecular flexibility index (Phi) is 5.98. The zero-order chi connectivity index (χ0) is 20.4. The summed E-state index contributed by atoms with van der Waals surface area (Å²) in [6.07, 6.45) is 3.24. The molecule has 0 aliphatic carbocycles. The highest BCUT2D eigenvalue weighted by atomic mass is 79.9. The van der Waals surface area contributed by atoms with E-state index in [2.05, 4.69) is 57.3 Å². The van der Waals surface area contributed by atoms with Gasteiger partial charge in [0, 0.05) is 25.9 Å². The summed E-state index contributed by atoms with van der Waals surface area (Å²) in [6.45, 7) is 2.00. The smallest absolute Gasteiger partial charge is 0.255 e. The van der Waals surface area contributed by atoms with Gasteiger partial charge in [-0.05, 0) is 42.3 Å². The van der Waals surface area contributed by atoms with E-state index in [9.17, 15) is 4.79 Å². The minimum atomic E-state index is -0.154. The van der Waals surface area contributed by atoms with Crippen LogP contribution in [0.3, 0.4) is 0 Å². The van der Waals surface area contributed by atoms with Gasteiger partial charge in [-0.15, -0.1) is 11.8 Å². The Bertz CT molecular complexity index is 1190. The lowest BCUT2D eigenvalue weighted by atomic mass is 10.1. The van der Waals surface area contributed by atoms with Crippen LogP contribution >= 0.6 is 43.6 Å². The normalized spacial score (nSPS) is 11.0. The number of hydrogen-bond donors (Lipinski definition) is 2. The van der Waals surface area contributed by atoms with Gasteiger partial charge < -0.3 is 5.32 Å². The number of fused-ring (bicyclic) bond motifs is 1.